The molecule has 4 saturated carbocycles. The monoisotopic (exact) mass is 744 g/mol. The normalized spacial score (nSPS) is 51.9. The van der Waals surface area contributed by atoms with Crippen LogP contribution in [0.1, 0.15) is 86.0 Å². The van der Waals surface area contributed by atoms with E-state index in [4.69, 9.17) is 28.4 Å². The highest BCUT2D eigenvalue weighted by atomic mass is 16.8. The molecule has 21 atom stereocenters. The molecule has 13 nitrogen and oxygen atoms in total. The average Bonchev–Trinajstić information content (AvgIpc) is 3.55. The Morgan fingerprint density at radius 1 is 0.750 bits per heavy atom. The van der Waals surface area contributed by atoms with Crippen LogP contribution in [0.4, 0.5) is 0 Å². The van der Waals surface area contributed by atoms with Gasteiger partial charge in [-0.1, -0.05) is 34.6 Å². The Balaban J connectivity index is 1.12. The molecule has 6 aliphatic rings. The maximum atomic E-state index is 11.8. The van der Waals surface area contributed by atoms with Gasteiger partial charge < -0.3 is 64.2 Å². The van der Waals surface area contributed by atoms with E-state index in [0.717, 1.165) is 25.7 Å². The fourth-order valence-corrected chi connectivity index (χ4v) is 12.3. The first-order valence-electron chi connectivity index (χ1n) is 19.9. The Bertz CT molecular complexity index is 1180. The molecular weight excluding hydrogens is 676 g/mol. The van der Waals surface area contributed by atoms with Gasteiger partial charge in [0, 0.05) is 20.1 Å². The van der Waals surface area contributed by atoms with Crippen LogP contribution in [0.5, 0.6) is 0 Å². The second-order valence-corrected chi connectivity index (χ2v) is 18.1. The van der Waals surface area contributed by atoms with Crippen LogP contribution in [0, 0.1) is 52.3 Å². The summed E-state index contributed by atoms with van der Waals surface area (Å²) in [7, 11) is 2.92. The van der Waals surface area contributed by atoms with Crippen molar-refractivity contribution in [1.29, 1.82) is 0 Å². The zero-order valence-corrected chi connectivity index (χ0v) is 32.2. The van der Waals surface area contributed by atoms with Crippen LogP contribution in [0.3, 0.4) is 0 Å². The number of aliphatic hydroxyl groups excluding tert-OH is 7. The highest BCUT2D eigenvalue weighted by Gasteiger charge is 2.66. The first-order valence-corrected chi connectivity index (χ1v) is 19.9. The molecule has 0 aromatic carbocycles. The van der Waals surface area contributed by atoms with Gasteiger partial charge in [-0.05, 0) is 97.7 Å². The molecule has 2 heterocycles. The van der Waals surface area contributed by atoms with Gasteiger partial charge in [-0.2, -0.15) is 0 Å². The quantitative estimate of drug-likeness (QED) is 0.152. The standard InChI is InChI=1S/C39H68O13/c1-18(2)26(50-37-35(32(45)27(16-40)51-37)52-36-34(48-7)33(46)28(47-6)17-49-36)9-8-19(3)22-15-25(43)29-20-14-24(42)30-31(44)23(41)11-13-38(30,4)21(20)10-12-39(22,29)5/h18-37,40-46H,8-17H2,1-7H3/t19-,20-,21+,22-,23+,24+,25-,26+,27-,28-,29-,30+,31+,32-,33+,34-,35-,36+,37+,38-,39-/m1/s1. The Hall–Kier alpha value is -0.520. The molecule has 52 heavy (non-hydrogen) atoms. The number of hydrogen-bond acceptors (Lipinski definition) is 13. The minimum Gasteiger partial charge on any atom is -0.394 e. The minimum atomic E-state index is -1.20. The highest BCUT2D eigenvalue weighted by molar-refractivity contribution is 5.14. The topological polar surface area (TPSA) is 197 Å². The van der Waals surface area contributed by atoms with Crippen molar-refractivity contribution < 1.29 is 64.2 Å². The summed E-state index contributed by atoms with van der Waals surface area (Å²) in [6.45, 7) is 10.6. The number of hydrogen-bond donors (Lipinski definition) is 7. The number of methoxy groups -OCH3 is 2. The van der Waals surface area contributed by atoms with Crippen LogP contribution in [-0.4, -0.2) is 143 Å². The highest BCUT2D eigenvalue weighted by Crippen LogP contribution is 2.68. The van der Waals surface area contributed by atoms with Gasteiger partial charge in [0.25, 0.3) is 0 Å². The van der Waals surface area contributed by atoms with E-state index in [9.17, 15) is 35.7 Å². The van der Waals surface area contributed by atoms with Gasteiger partial charge in [0.2, 0.25) is 0 Å². The van der Waals surface area contributed by atoms with E-state index in [-0.39, 0.29) is 65.0 Å². The fourth-order valence-electron chi connectivity index (χ4n) is 12.3. The van der Waals surface area contributed by atoms with Crippen LogP contribution < -0.4 is 0 Å². The molecule has 0 aromatic heterocycles. The summed E-state index contributed by atoms with van der Waals surface area (Å²) in [5.41, 5.74) is -0.375. The lowest BCUT2D eigenvalue weighted by atomic mass is 9.43. The van der Waals surface area contributed by atoms with Crippen LogP contribution in [-0.2, 0) is 28.4 Å². The van der Waals surface area contributed by atoms with Gasteiger partial charge in [-0.25, -0.2) is 0 Å². The van der Waals surface area contributed by atoms with Crippen molar-refractivity contribution in [2.24, 2.45) is 52.3 Å². The first-order chi connectivity index (χ1) is 24.6. The van der Waals surface area contributed by atoms with Crippen LogP contribution >= 0.6 is 0 Å². The lowest BCUT2D eigenvalue weighted by Crippen LogP contribution is -2.63. The number of fused-ring (bicyclic) bond motifs is 5. The number of ether oxygens (including phenoxy) is 6. The van der Waals surface area contributed by atoms with Crippen molar-refractivity contribution in [1.82, 2.24) is 0 Å². The zero-order valence-electron chi connectivity index (χ0n) is 32.2. The van der Waals surface area contributed by atoms with Gasteiger partial charge in [0.05, 0.1) is 43.7 Å². The molecule has 0 bridgehead atoms. The van der Waals surface area contributed by atoms with Crippen molar-refractivity contribution in [3.8, 4) is 0 Å². The summed E-state index contributed by atoms with van der Waals surface area (Å²) < 4.78 is 35.4. The van der Waals surface area contributed by atoms with E-state index in [1.54, 1.807) is 0 Å². The van der Waals surface area contributed by atoms with Crippen molar-refractivity contribution in [2.75, 3.05) is 27.4 Å². The smallest absolute Gasteiger partial charge is 0.187 e. The lowest BCUT2D eigenvalue weighted by Gasteiger charge is -2.63. The first kappa shape index (κ1) is 41.1. The predicted molar refractivity (Wildman–Crippen MR) is 187 cm³/mol. The molecule has 7 N–H and O–H groups in total. The molecule has 0 spiro atoms. The SMILES string of the molecule is CO[C@H]1[C@H](O[C@H]2[C@@H](O[C@@H](CC[C@@H](C)[C@H]3C[C@@H](O)[C@H]4[C@@H]5C[C@H](O)[C@H]6[C@@H](O)[C@@H](O)CC[C@]6(C)[C@H]5CC[C@@]43C)C(C)C)O[C@H](CO)[C@H]2O)OC[C@@H](OC)[C@@H]1O. The molecule has 2 aliphatic heterocycles. The lowest BCUT2D eigenvalue weighted by molar-refractivity contribution is -0.313. The van der Waals surface area contributed by atoms with Crippen molar-refractivity contribution in [2.45, 2.75) is 166 Å². The van der Waals surface area contributed by atoms with Crippen molar-refractivity contribution in [3.63, 3.8) is 0 Å². The van der Waals surface area contributed by atoms with Gasteiger partial charge in [0.1, 0.15) is 36.6 Å². The van der Waals surface area contributed by atoms with Crippen molar-refractivity contribution >= 4 is 0 Å². The minimum absolute atomic E-state index is 0.0598. The summed E-state index contributed by atoms with van der Waals surface area (Å²) in [6, 6.07) is 0. The van der Waals surface area contributed by atoms with Gasteiger partial charge in [0.15, 0.2) is 12.6 Å². The molecule has 4 aliphatic carbocycles. The summed E-state index contributed by atoms with van der Waals surface area (Å²) in [5.74, 6) is 0.797. The Labute approximate surface area is 309 Å². The van der Waals surface area contributed by atoms with E-state index in [0.29, 0.717) is 25.7 Å². The zero-order chi connectivity index (χ0) is 37.9. The molecule has 6 rings (SSSR count). The van der Waals surface area contributed by atoms with Crippen LogP contribution in [0.15, 0.2) is 0 Å². The van der Waals surface area contributed by atoms with E-state index in [1.807, 2.05) is 0 Å². The third kappa shape index (κ3) is 7.16. The molecule has 0 amide bonds. The van der Waals surface area contributed by atoms with Gasteiger partial charge >= 0.3 is 0 Å². The fraction of sp³-hybridized carbons (Fsp3) is 1.00. The maximum absolute atomic E-state index is 11.8. The molecule has 13 heteroatoms. The van der Waals surface area contributed by atoms with Crippen LogP contribution in [0.2, 0.25) is 0 Å². The van der Waals surface area contributed by atoms with E-state index in [2.05, 4.69) is 34.6 Å². The Morgan fingerprint density at radius 2 is 1.44 bits per heavy atom. The average molecular weight is 745 g/mol. The third-order valence-corrected chi connectivity index (χ3v) is 15.2. The van der Waals surface area contributed by atoms with E-state index >= 15 is 0 Å². The molecule has 302 valence electrons. The third-order valence-electron chi connectivity index (χ3n) is 15.2. The van der Waals surface area contributed by atoms with E-state index < -0.39 is 80.2 Å². The van der Waals surface area contributed by atoms with Crippen LogP contribution in [0.25, 0.3) is 0 Å². The molecule has 0 radical (unpaired) electrons. The van der Waals surface area contributed by atoms with E-state index in [1.165, 1.54) is 14.2 Å². The second kappa shape index (κ2) is 16.1. The Morgan fingerprint density at radius 3 is 2.10 bits per heavy atom. The summed E-state index contributed by atoms with van der Waals surface area (Å²) in [4.78, 5) is 0. The largest absolute Gasteiger partial charge is 0.394 e. The van der Waals surface area contributed by atoms with Crippen molar-refractivity contribution in [3.05, 3.63) is 0 Å². The molecule has 0 unspecified atom stereocenters. The second-order valence-electron chi connectivity index (χ2n) is 18.1. The molecular formula is C39H68O13. The number of aliphatic hydroxyl groups is 7. The molecule has 6 fully saturated rings. The number of rotatable bonds is 12. The van der Waals surface area contributed by atoms with Gasteiger partial charge in [-0.15, -0.1) is 0 Å². The summed E-state index contributed by atoms with van der Waals surface area (Å²) >= 11 is 0. The predicted octanol–water partition coefficient (Wildman–Crippen LogP) is 1.59. The summed E-state index contributed by atoms with van der Waals surface area (Å²) in [5, 5.41) is 76.5. The Kier molecular flexibility index (Phi) is 12.8. The maximum Gasteiger partial charge on any atom is 0.187 e. The molecule has 0 aromatic rings. The molecule has 2 saturated heterocycles. The summed E-state index contributed by atoms with van der Waals surface area (Å²) in [6.07, 6.45) is -4.75. The van der Waals surface area contributed by atoms with Gasteiger partial charge in [-0.3, -0.25) is 0 Å².